The molecular formula is C28H36ClN3O. The number of nitrogens with one attached hydrogen (secondary N) is 3. The van der Waals surface area contributed by atoms with Gasteiger partial charge < -0.3 is 16.0 Å². The number of fused-ring (bicyclic) bond motifs is 1. The summed E-state index contributed by atoms with van der Waals surface area (Å²) in [5, 5.41) is 11.8. The number of hydrogen-bond acceptors (Lipinski definition) is 3. The van der Waals surface area contributed by atoms with E-state index in [4.69, 9.17) is 11.6 Å². The van der Waals surface area contributed by atoms with Crippen LogP contribution in [0, 0.1) is 18.8 Å². The van der Waals surface area contributed by atoms with Crippen molar-refractivity contribution in [2.75, 3.05) is 10.6 Å². The summed E-state index contributed by atoms with van der Waals surface area (Å²) < 4.78 is 0. The van der Waals surface area contributed by atoms with Gasteiger partial charge in [0.15, 0.2) is 0 Å². The minimum atomic E-state index is -0.723. The highest BCUT2D eigenvalue weighted by Crippen LogP contribution is 2.50. The SMILES string of the molecule is Cc1ccc(Cl)cc1C1(C(C(=O)NC2CCCCC2)C2CCCCC2)Nc2ccccc2N1. The Morgan fingerprint density at radius 3 is 2.18 bits per heavy atom. The second kappa shape index (κ2) is 9.58. The van der Waals surface area contributed by atoms with E-state index in [1.165, 1.54) is 38.5 Å². The molecule has 2 aromatic rings. The molecule has 176 valence electrons. The van der Waals surface area contributed by atoms with E-state index in [1.54, 1.807) is 0 Å². The van der Waals surface area contributed by atoms with E-state index in [-0.39, 0.29) is 11.8 Å². The zero-order chi connectivity index (χ0) is 22.8. The third kappa shape index (κ3) is 4.47. The lowest BCUT2D eigenvalue weighted by atomic mass is 9.70. The highest BCUT2D eigenvalue weighted by Gasteiger charge is 2.52. The second-order valence-electron chi connectivity index (χ2n) is 10.3. The summed E-state index contributed by atoms with van der Waals surface area (Å²) in [5.74, 6) is 0.264. The van der Waals surface area contributed by atoms with E-state index < -0.39 is 5.66 Å². The molecule has 0 spiro atoms. The smallest absolute Gasteiger partial charge is 0.228 e. The average Bonchev–Trinajstić information content (AvgIpc) is 3.22. The first-order valence-corrected chi connectivity index (χ1v) is 13.2. The zero-order valence-electron chi connectivity index (χ0n) is 19.6. The minimum Gasteiger partial charge on any atom is -0.357 e. The zero-order valence-corrected chi connectivity index (χ0v) is 20.4. The van der Waals surface area contributed by atoms with Crippen molar-refractivity contribution in [2.45, 2.75) is 82.8 Å². The molecule has 2 aliphatic carbocycles. The van der Waals surface area contributed by atoms with Gasteiger partial charge in [-0.25, -0.2) is 0 Å². The molecule has 5 rings (SSSR count). The van der Waals surface area contributed by atoms with Gasteiger partial charge >= 0.3 is 0 Å². The fraction of sp³-hybridized carbons (Fsp3) is 0.536. The second-order valence-corrected chi connectivity index (χ2v) is 10.7. The molecular weight excluding hydrogens is 430 g/mol. The number of carbonyl (C=O) groups excluding carboxylic acids is 1. The largest absolute Gasteiger partial charge is 0.357 e. The van der Waals surface area contributed by atoms with Crippen molar-refractivity contribution in [2.24, 2.45) is 11.8 Å². The number of anilines is 2. The number of aryl methyl sites for hydroxylation is 1. The average molecular weight is 466 g/mol. The molecule has 1 amide bonds. The quantitative estimate of drug-likeness (QED) is 0.446. The van der Waals surface area contributed by atoms with Gasteiger partial charge in [0, 0.05) is 16.6 Å². The summed E-state index contributed by atoms with van der Waals surface area (Å²) in [6.45, 7) is 2.12. The van der Waals surface area contributed by atoms with Crippen molar-refractivity contribution in [1.29, 1.82) is 0 Å². The first-order valence-electron chi connectivity index (χ1n) is 12.8. The van der Waals surface area contributed by atoms with Crippen LogP contribution in [0.25, 0.3) is 0 Å². The summed E-state index contributed by atoms with van der Waals surface area (Å²) in [5.41, 5.74) is 3.57. The number of halogens is 1. The molecule has 2 saturated carbocycles. The summed E-state index contributed by atoms with van der Waals surface area (Å²) >= 11 is 6.54. The van der Waals surface area contributed by atoms with E-state index in [1.807, 2.05) is 24.3 Å². The molecule has 3 N–H and O–H groups in total. The third-order valence-electron chi connectivity index (χ3n) is 8.04. The van der Waals surface area contributed by atoms with Gasteiger partial charge in [-0.2, -0.15) is 0 Å². The molecule has 0 radical (unpaired) electrons. The van der Waals surface area contributed by atoms with Gasteiger partial charge in [-0.15, -0.1) is 0 Å². The van der Waals surface area contributed by atoms with Gasteiger partial charge in [0.1, 0.15) is 5.66 Å². The van der Waals surface area contributed by atoms with Crippen LogP contribution >= 0.6 is 11.6 Å². The maximum absolute atomic E-state index is 14.2. The van der Waals surface area contributed by atoms with Gasteiger partial charge in [-0.1, -0.05) is 68.3 Å². The van der Waals surface area contributed by atoms with Gasteiger partial charge in [-0.3, -0.25) is 4.79 Å². The van der Waals surface area contributed by atoms with Gasteiger partial charge in [0.2, 0.25) is 5.91 Å². The standard InChI is InChI=1S/C28H36ClN3O/c1-19-16-17-21(29)18-23(19)28(31-24-14-8-9-15-25(24)32-28)26(20-10-4-2-5-11-20)27(33)30-22-12-6-3-7-13-22/h8-9,14-18,20,22,26,31-32H,2-7,10-13H2,1H3,(H,30,33). The Labute approximate surface area is 202 Å². The Morgan fingerprint density at radius 2 is 1.55 bits per heavy atom. The third-order valence-corrected chi connectivity index (χ3v) is 8.27. The van der Waals surface area contributed by atoms with Crippen LogP contribution in [0.3, 0.4) is 0 Å². The van der Waals surface area contributed by atoms with E-state index in [9.17, 15) is 4.79 Å². The molecule has 5 heteroatoms. The molecule has 0 bridgehead atoms. The molecule has 1 unspecified atom stereocenters. The first kappa shape index (κ1) is 22.6. The number of hydrogen-bond donors (Lipinski definition) is 3. The molecule has 2 aromatic carbocycles. The van der Waals surface area contributed by atoms with Crippen LogP contribution in [0.1, 0.15) is 75.3 Å². The highest BCUT2D eigenvalue weighted by molar-refractivity contribution is 6.30. The van der Waals surface area contributed by atoms with Crippen LogP contribution in [0.15, 0.2) is 42.5 Å². The van der Waals surface area contributed by atoms with E-state index >= 15 is 0 Å². The lowest BCUT2D eigenvalue weighted by molar-refractivity contribution is -0.130. The predicted molar refractivity (Wildman–Crippen MR) is 137 cm³/mol. The molecule has 3 aliphatic rings. The maximum Gasteiger partial charge on any atom is 0.228 e. The van der Waals surface area contributed by atoms with Crippen molar-refractivity contribution in [3.63, 3.8) is 0 Å². The van der Waals surface area contributed by atoms with Crippen LogP contribution in [0.2, 0.25) is 5.02 Å². The molecule has 1 heterocycles. The first-order chi connectivity index (χ1) is 16.1. The molecule has 0 saturated heterocycles. The fourth-order valence-electron chi connectivity index (χ4n) is 6.40. The normalized spacial score (nSPS) is 21.5. The van der Waals surface area contributed by atoms with Gasteiger partial charge in [0.05, 0.1) is 17.3 Å². The topological polar surface area (TPSA) is 53.2 Å². The Balaban J connectivity index is 1.60. The van der Waals surface area contributed by atoms with Crippen molar-refractivity contribution in [3.8, 4) is 0 Å². The predicted octanol–water partition coefficient (Wildman–Crippen LogP) is 6.98. The molecule has 1 aliphatic heterocycles. The van der Waals surface area contributed by atoms with Crippen LogP contribution in [-0.2, 0) is 10.5 Å². The van der Waals surface area contributed by atoms with Gasteiger partial charge in [0.25, 0.3) is 0 Å². The molecule has 33 heavy (non-hydrogen) atoms. The van der Waals surface area contributed by atoms with E-state index in [0.29, 0.717) is 17.0 Å². The van der Waals surface area contributed by atoms with Crippen LogP contribution in [0.4, 0.5) is 11.4 Å². The number of amides is 1. The number of rotatable bonds is 5. The Kier molecular flexibility index (Phi) is 6.56. The number of carbonyl (C=O) groups is 1. The molecule has 2 fully saturated rings. The monoisotopic (exact) mass is 465 g/mol. The van der Waals surface area contributed by atoms with Crippen LogP contribution in [0.5, 0.6) is 0 Å². The van der Waals surface area contributed by atoms with Gasteiger partial charge in [-0.05, 0) is 68.4 Å². The number of para-hydroxylation sites is 2. The highest BCUT2D eigenvalue weighted by atomic mass is 35.5. The Morgan fingerprint density at radius 1 is 0.939 bits per heavy atom. The summed E-state index contributed by atoms with van der Waals surface area (Å²) in [6, 6.07) is 14.6. The van der Waals surface area contributed by atoms with E-state index in [0.717, 1.165) is 48.2 Å². The van der Waals surface area contributed by atoms with E-state index in [2.05, 4.69) is 41.1 Å². The van der Waals surface area contributed by atoms with Crippen molar-refractivity contribution in [1.82, 2.24) is 5.32 Å². The lowest BCUT2D eigenvalue weighted by Gasteiger charge is -2.44. The van der Waals surface area contributed by atoms with Crippen LogP contribution in [-0.4, -0.2) is 11.9 Å². The van der Waals surface area contributed by atoms with Crippen molar-refractivity contribution < 1.29 is 4.79 Å². The maximum atomic E-state index is 14.2. The fourth-order valence-corrected chi connectivity index (χ4v) is 6.58. The van der Waals surface area contributed by atoms with Crippen molar-refractivity contribution in [3.05, 3.63) is 58.6 Å². The number of benzene rings is 2. The van der Waals surface area contributed by atoms with Crippen LogP contribution < -0.4 is 16.0 Å². The minimum absolute atomic E-state index is 0.181. The summed E-state index contributed by atoms with van der Waals surface area (Å²) in [7, 11) is 0. The van der Waals surface area contributed by atoms with Crippen molar-refractivity contribution >= 4 is 28.9 Å². The summed E-state index contributed by atoms with van der Waals surface area (Å²) in [6.07, 6.45) is 11.7. The lowest BCUT2D eigenvalue weighted by Crippen LogP contribution is -2.57. The molecule has 4 nitrogen and oxygen atoms in total. The Hall–Kier alpha value is -2.20. The molecule has 0 aromatic heterocycles. The Bertz CT molecular complexity index is 969. The molecule has 1 atom stereocenters. The summed E-state index contributed by atoms with van der Waals surface area (Å²) in [4.78, 5) is 14.2.